The van der Waals surface area contributed by atoms with E-state index in [-0.39, 0.29) is 6.03 Å². The van der Waals surface area contributed by atoms with Gasteiger partial charge in [-0.1, -0.05) is 12.1 Å². The Morgan fingerprint density at radius 1 is 1.00 bits per heavy atom. The molecule has 0 aliphatic heterocycles. The monoisotopic (exact) mass is 388 g/mol. The second-order valence-electron chi connectivity index (χ2n) is 6.35. The number of amides is 2. The highest BCUT2D eigenvalue weighted by Gasteiger charge is 2.08. The van der Waals surface area contributed by atoms with E-state index >= 15 is 0 Å². The van der Waals surface area contributed by atoms with Crippen LogP contribution >= 0.6 is 0 Å². The number of carbonyl (C=O) groups is 1. The van der Waals surface area contributed by atoms with Crippen molar-refractivity contribution in [1.29, 1.82) is 0 Å². The van der Waals surface area contributed by atoms with Crippen molar-refractivity contribution in [3.05, 3.63) is 66.5 Å². The summed E-state index contributed by atoms with van der Waals surface area (Å²) < 4.78 is 7.09. The molecule has 4 aromatic rings. The molecular weight excluding hydrogens is 368 g/mol. The average molecular weight is 388 g/mol. The highest BCUT2D eigenvalue weighted by molar-refractivity contribution is 6.00. The zero-order valence-electron chi connectivity index (χ0n) is 16.1. The standard InChI is InChI=1S/C21H20N6O2/c1-3-29-18-9-7-16(8-10-18)22-21(28)23-17-6-4-5-15(13-17)19-11-12-20-25-24-14(2)27(20)26-19/h4-13H,3H2,1-2H3,(H2,22,23,28). The fourth-order valence-corrected chi connectivity index (χ4v) is 2.90. The number of ether oxygens (including phenoxy) is 1. The molecule has 29 heavy (non-hydrogen) atoms. The Bertz CT molecular complexity index is 1150. The molecule has 8 heteroatoms. The predicted octanol–water partition coefficient (Wildman–Crippen LogP) is 4.14. The van der Waals surface area contributed by atoms with Crippen molar-refractivity contribution in [1.82, 2.24) is 19.8 Å². The Morgan fingerprint density at radius 2 is 1.79 bits per heavy atom. The molecule has 2 amide bonds. The van der Waals surface area contributed by atoms with E-state index in [4.69, 9.17) is 4.74 Å². The third kappa shape index (κ3) is 4.16. The molecule has 0 saturated heterocycles. The predicted molar refractivity (Wildman–Crippen MR) is 111 cm³/mol. The Hall–Kier alpha value is -3.94. The number of benzene rings is 2. The molecule has 2 N–H and O–H groups in total. The lowest BCUT2D eigenvalue weighted by molar-refractivity contribution is 0.262. The largest absolute Gasteiger partial charge is 0.494 e. The number of rotatable bonds is 5. The van der Waals surface area contributed by atoms with Gasteiger partial charge >= 0.3 is 6.03 Å². The fraction of sp³-hybridized carbons (Fsp3) is 0.143. The lowest BCUT2D eigenvalue weighted by Gasteiger charge is -2.10. The highest BCUT2D eigenvalue weighted by Crippen LogP contribution is 2.22. The van der Waals surface area contributed by atoms with Crippen LogP contribution in [-0.2, 0) is 0 Å². The SMILES string of the molecule is CCOc1ccc(NC(=O)Nc2cccc(-c3ccc4nnc(C)n4n3)c2)cc1. The quantitative estimate of drug-likeness (QED) is 0.536. The van der Waals surface area contributed by atoms with Crippen LogP contribution in [0.25, 0.3) is 16.9 Å². The first kappa shape index (κ1) is 18.4. The summed E-state index contributed by atoms with van der Waals surface area (Å²) in [5.41, 5.74) is 3.66. The molecule has 0 spiro atoms. The molecule has 8 nitrogen and oxygen atoms in total. The first-order valence-electron chi connectivity index (χ1n) is 9.23. The summed E-state index contributed by atoms with van der Waals surface area (Å²) in [6.07, 6.45) is 0. The van der Waals surface area contributed by atoms with Gasteiger partial charge in [-0.05, 0) is 62.4 Å². The maximum absolute atomic E-state index is 12.3. The summed E-state index contributed by atoms with van der Waals surface area (Å²) in [5.74, 6) is 1.48. The van der Waals surface area contributed by atoms with Crippen molar-refractivity contribution < 1.29 is 9.53 Å². The molecule has 146 valence electrons. The van der Waals surface area contributed by atoms with Gasteiger partial charge in [0.1, 0.15) is 5.75 Å². The van der Waals surface area contributed by atoms with Gasteiger partial charge in [-0.25, -0.2) is 4.79 Å². The van der Waals surface area contributed by atoms with Gasteiger partial charge in [0, 0.05) is 16.9 Å². The van der Waals surface area contributed by atoms with Crippen LogP contribution in [0.4, 0.5) is 16.2 Å². The highest BCUT2D eigenvalue weighted by atomic mass is 16.5. The molecule has 2 aromatic heterocycles. The van der Waals surface area contributed by atoms with Crippen molar-refractivity contribution in [2.45, 2.75) is 13.8 Å². The van der Waals surface area contributed by atoms with E-state index in [9.17, 15) is 4.79 Å². The summed E-state index contributed by atoms with van der Waals surface area (Å²) in [5, 5.41) is 18.3. The van der Waals surface area contributed by atoms with Crippen LogP contribution < -0.4 is 15.4 Å². The Morgan fingerprint density at radius 3 is 2.59 bits per heavy atom. The second-order valence-corrected chi connectivity index (χ2v) is 6.35. The molecule has 0 aliphatic rings. The van der Waals surface area contributed by atoms with Crippen LogP contribution in [0.3, 0.4) is 0 Å². The first-order valence-corrected chi connectivity index (χ1v) is 9.23. The van der Waals surface area contributed by atoms with Gasteiger partial charge < -0.3 is 15.4 Å². The summed E-state index contributed by atoms with van der Waals surface area (Å²) in [7, 11) is 0. The average Bonchev–Trinajstić information content (AvgIpc) is 3.10. The number of nitrogens with zero attached hydrogens (tertiary/aromatic N) is 4. The zero-order valence-corrected chi connectivity index (χ0v) is 16.1. The molecule has 2 heterocycles. The smallest absolute Gasteiger partial charge is 0.323 e. The summed E-state index contributed by atoms with van der Waals surface area (Å²) in [4.78, 5) is 12.3. The van der Waals surface area contributed by atoms with Gasteiger partial charge in [-0.2, -0.15) is 9.61 Å². The Kier molecular flexibility index (Phi) is 5.07. The van der Waals surface area contributed by atoms with E-state index in [0.29, 0.717) is 29.5 Å². The lowest BCUT2D eigenvalue weighted by Crippen LogP contribution is -2.19. The molecule has 0 bridgehead atoms. The molecular formula is C21H20N6O2. The summed E-state index contributed by atoms with van der Waals surface area (Å²) >= 11 is 0. The van der Waals surface area contributed by atoms with Gasteiger partial charge in [0.25, 0.3) is 0 Å². The number of carbonyl (C=O) groups excluding carboxylic acids is 1. The minimum Gasteiger partial charge on any atom is -0.494 e. The van der Waals surface area contributed by atoms with Gasteiger partial charge in [-0.3, -0.25) is 0 Å². The zero-order chi connectivity index (χ0) is 20.2. The van der Waals surface area contributed by atoms with Crippen LogP contribution in [0.15, 0.2) is 60.7 Å². The number of aryl methyl sites for hydroxylation is 1. The molecule has 0 fully saturated rings. The minimum atomic E-state index is -0.329. The van der Waals surface area contributed by atoms with Gasteiger partial charge in [0.15, 0.2) is 11.5 Å². The molecule has 0 atom stereocenters. The van der Waals surface area contributed by atoms with Crippen molar-refractivity contribution >= 4 is 23.1 Å². The molecule has 0 radical (unpaired) electrons. The Balaban J connectivity index is 1.47. The number of hydrogen-bond donors (Lipinski definition) is 2. The second kappa shape index (κ2) is 7.97. The van der Waals surface area contributed by atoms with Crippen LogP contribution in [0.2, 0.25) is 0 Å². The third-order valence-electron chi connectivity index (χ3n) is 4.26. The van der Waals surface area contributed by atoms with E-state index < -0.39 is 0 Å². The lowest BCUT2D eigenvalue weighted by atomic mass is 10.1. The van der Waals surface area contributed by atoms with Crippen molar-refractivity contribution in [3.63, 3.8) is 0 Å². The molecule has 0 unspecified atom stereocenters. The third-order valence-corrected chi connectivity index (χ3v) is 4.26. The minimum absolute atomic E-state index is 0.329. The Labute approximate surface area is 167 Å². The van der Waals surface area contributed by atoms with E-state index in [1.54, 1.807) is 16.6 Å². The molecule has 0 saturated carbocycles. The fourth-order valence-electron chi connectivity index (χ4n) is 2.90. The molecule has 0 aliphatic carbocycles. The van der Waals surface area contributed by atoms with Crippen LogP contribution in [-0.4, -0.2) is 32.4 Å². The number of urea groups is 1. The van der Waals surface area contributed by atoms with Crippen LogP contribution in [0.1, 0.15) is 12.7 Å². The van der Waals surface area contributed by atoms with E-state index in [2.05, 4.69) is 25.9 Å². The number of anilines is 2. The first-order chi connectivity index (χ1) is 14.1. The van der Waals surface area contributed by atoms with Gasteiger partial charge in [-0.15, -0.1) is 10.2 Å². The van der Waals surface area contributed by atoms with E-state index in [1.165, 1.54) is 0 Å². The van der Waals surface area contributed by atoms with Crippen LogP contribution in [0, 0.1) is 6.92 Å². The normalized spacial score (nSPS) is 10.7. The maximum Gasteiger partial charge on any atom is 0.323 e. The summed E-state index contributed by atoms with van der Waals surface area (Å²) in [6, 6.07) is 18.1. The topological polar surface area (TPSA) is 93.4 Å². The van der Waals surface area contributed by atoms with E-state index in [1.807, 2.05) is 62.4 Å². The van der Waals surface area contributed by atoms with Crippen molar-refractivity contribution in [2.75, 3.05) is 17.2 Å². The molecule has 4 rings (SSSR count). The number of fused-ring (bicyclic) bond motifs is 1. The number of aromatic nitrogens is 4. The summed E-state index contributed by atoms with van der Waals surface area (Å²) in [6.45, 7) is 4.37. The van der Waals surface area contributed by atoms with Crippen molar-refractivity contribution in [2.24, 2.45) is 0 Å². The van der Waals surface area contributed by atoms with Gasteiger partial charge in [0.05, 0.1) is 12.3 Å². The van der Waals surface area contributed by atoms with E-state index in [0.717, 1.165) is 17.0 Å². The number of nitrogens with one attached hydrogen (secondary N) is 2. The van der Waals surface area contributed by atoms with Crippen molar-refractivity contribution in [3.8, 4) is 17.0 Å². The molecule has 2 aromatic carbocycles. The maximum atomic E-state index is 12.3. The van der Waals surface area contributed by atoms with Gasteiger partial charge in [0.2, 0.25) is 0 Å². The van der Waals surface area contributed by atoms with Crippen LogP contribution in [0.5, 0.6) is 5.75 Å². The number of hydrogen-bond acceptors (Lipinski definition) is 5.